The Kier molecular flexibility index (Phi) is 5.92. The minimum absolute atomic E-state index is 0.0424. The molecule has 9 nitrogen and oxygen atoms in total. The second kappa shape index (κ2) is 7.24. The van der Waals surface area contributed by atoms with Gasteiger partial charge < -0.3 is 20.1 Å². The standard InChI is InChI=1S/C11H17N3O6S/c1-21(18,19)5-2-9(10(15)16)13-11(17)14-3-4-20-8(6-12)7-14/h8-9H,2-5,7H2,1H3,(H,13,17)(H,15,16). The predicted molar refractivity (Wildman–Crippen MR) is 71.2 cm³/mol. The molecule has 2 unspecified atom stereocenters. The average molecular weight is 319 g/mol. The van der Waals surface area contributed by atoms with Crippen molar-refractivity contribution in [1.82, 2.24) is 10.2 Å². The van der Waals surface area contributed by atoms with E-state index in [2.05, 4.69) is 5.32 Å². The van der Waals surface area contributed by atoms with Crippen LogP contribution in [0.3, 0.4) is 0 Å². The Labute approximate surface area is 122 Å². The highest BCUT2D eigenvalue weighted by atomic mass is 32.2. The second-order valence-corrected chi connectivity index (χ2v) is 6.95. The summed E-state index contributed by atoms with van der Waals surface area (Å²) in [6, 6.07) is -0.0787. The lowest BCUT2D eigenvalue weighted by molar-refractivity contribution is -0.139. The lowest BCUT2D eigenvalue weighted by Gasteiger charge is -2.30. The van der Waals surface area contributed by atoms with Crippen LogP contribution < -0.4 is 5.32 Å². The number of ether oxygens (including phenoxy) is 1. The number of carbonyl (C=O) groups is 2. The van der Waals surface area contributed by atoms with E-state index in [1.807, 2.05) is 6.07 Å². The minimum Gasteiger partial charge on any atom is -0.480 e. The molecule has 2 N–H and O–H groups in total. The van der Waals surface area contributed by atoms with Crippen molar-refractivity contribution in [1.29, 1.82) is 5.26 Å². The number of carboxylic acid groups (broad SMARTS) is 1. The Morgan fingerprint density at radius 1 is 1.57 bits per heavy atom. The third kappa shape index (κ3) is 5.97. The van der Waals surface area contributed by atoms with Gasteiger partial charge in [0.25, 0.3) is 0 Å². The number of hydrogen-bond acceptors (Lipinski definition) is 6. The maximum atomic E-state index is 11.9. The van der Waals surface area contributed by atoms with Gasteiger partial charge in [-0.2, -0.15) is 5.26 Å². The molecular weight excluding hydrogens is 302 g/mol. The Bertz CT molecular complexity index is 541. The second-order valence-electron chi connectivity index (χ2n) is 4.69. The van der Waals surface area contributed by atoms with Gasteiger partial charge in [0.15, 0.2) is 6.10 Å². The molecular formula is C11H17N3O6S. The number of urea groups is 1. The average Bonchev–Trinajstić information content (AvgIpc) is 2.41. The zero-order chi connectivity index (χ0) is 16.0. The van der Waals surface area contributed by atoms with Gasteiger partial charge in [0, 0.05) is 12.8 Å². The van der Waals surface area contributed by atoms with E-state index in [4.69, 9.17) is 15.1 Å². The largest absolute Gasteiger partial charge is 0.480 e. The van der Waals surface area contributed by atoms with Crippen LogP contribution in [0.1, 0.15) is 6.42 Å². The summed E-state index contributed by atoms with van der Waals surface area (Å²) in [5.74, 6) is -1.65. The van der Waals surface area contributed by atoms with E-state index in [1.54, 1.807) is 0 Å². The number of carboxylic acids is 1. The molecule has 0 saturated carbocycles. The Morgan fingerprint density at radius 3 is 2.76 bits per heavy atom. The Morgan fingerprint density at radius 2 is 2.24 bits per heavy atom. The summed E-state index contributed by atoms with van der Waals surface area (Å²) in [4.78, 5) is 24.3. The molecule has 0 bridgehead atoms. The van der Waals surface area contributed by atoms with Crippen LogP contribution in [0.25, 0.3) is 0 Å². The molecule has 10 heteroatoms. The number of amides is 2. The van der Waals surface area contributed by atoms with E-state index in [0.29, 0.717) is 0 Å². The fraction of sp³-hybridized carbons (Fsp3) is 0.727. The van der Waals surface area contributed by atoms with Crippen molar-refractivity contribution < 1.29 is 27.9 Å². The van der Waals surface area contributed by atoms with Crippen LogP contribution in [0.4, 0.5) is 4.79 Å². The van der Waals surface area contributed by atoms with Crippen LogP contribution in [0.5, 0.6) is 0 Å². The minimum atomic E-state index is -3.32. The fourth-order valence-electron chi connectivity index (χ4n) is 1.74. The van der Waals surface area contributed by atoms with E-state index in [0.717, 1.165) is 6.26 Å². The number of morpholine rings is 1. The van der Waals surface area contributed by atoms with Crippen molar-refractivity contribution in [2.24, 2.45) is 0 Å². The SMILES string of the molecule is CS(=O)(=O)CCC(NC(=O)N1CCOC(C#N)C1)C(=O)O. The quantitative estimate of drug-likeness (QED) is 0.650. The van der Waals surface area contributed by atoms with Crippen LogP contribution in [0, 0.1) is 11.3 Å². The van der Waals surface area contributed by atoms with Gasteiger partial charge in [-0.3, -0.25) is 0 Å². The first kappa shape index (κ1) is 17.2. The van der Waals surface area contributed by atoms with Crippen molar-refractivity contribution in [3.05, 3.63) is 0 Å². The van der Waals surface area contributed by atoms with Crippen LogP contribution in [-0.2, 0) is 19.4 Å². The summed E-state index contributed by atoms with van der Waals surface area (Å²) < 4.78 is 27.2. The van der Waals surface area contributed by atoms with Gasteiger partial charge in [0.2, 0.25) is 0 Å². The molecule has 2 amide bonds. The van der Waals surface area contributed by atoms with Gasteiger partial charge >= 0.3 is 12.0 Å². The molecule has 0 spiro atoms. The molecule has 0 radical (unpaired) electrons. The molecule has 2 atom stereocenters. The zero-order valence-corrected chi connectivity index (χ0v) is 12.3. The number of aliphatic carboxylic acids is 1. The zero-order valence-electron chi connectivity index (χ0n) is 11.5. The third-order valence-corrected chi connectivity index (χ3v) is 3.85. The number of nitriles is 1. The van der Waals surface area contributed by atoms with Crippen LogP contribution >= 0.6 is 0 Å². The maximum absolute atomic E-state index is 11.9. The molecule has 1 saturated heterocycles. The number of rotatable bonds is 5. The number of sulfone groups is 1. The first-order valence-corrected chi connectivity index (χ1v) is 8.26. The summed E-state index contributed by atoms with van der Waals surface area (Å²) in [6.07, 6.45) is 0.0304. The first-order chi connectivity index (χ1) is 9.73. The maximum Gasteiger partial charge on any atom is 0.326 e. The molecule has 1 heterocycles. The smallest absolute Gasteiger partial charge is 0.326 e. The summed E-state index contributed by atoms with van der Waals surface area (Å²) in [5.41, 5.74) is 0. The van der Waals surface area contributed by atoms with Crippen molar-refractivity contribution in [2.75, 3.05) is 31.7 Å². The molecule has 0 aromatic heterocycles. The van der Waals surface area contributed by atoms with Crippen LogP contribution in [-0.4, -0.2) is 74.3 Å². The highest BCUT2D eigenvalue weighted by Gasteiger charge is 2.28. The molecule has 0 aromatic rings. The number of hydrogen-bond donors (Lipinski definition) is 2. The molecule has 0 aromatic carbocycles. The van der Waals surface area contributed by atoms with Crippen molar-refractivity contribution >= 4 is 21.8 Å². The van der Waals surface area contributed by atoms with Crippen LogP contribution in [0.2, 0.25) is 0 Å². The van der Waals surface area contributed by atoms with E-state index in [9.17, 15) is 18.0 Å². The Hall–Kier alpha value is -1.86. The van der Waals surface area contributed by atoms with Gasteiger partial charge in [0.1, 0.15) is 15.9 Å². The van der Waals surface area contributed by atoms with Gasteiger partial charge in [-0.15, -0.1) is 0 Å². The molecule has 1 rings (SSSR count). The van der Waals surface area contributed by atoms with Crippen molar-refractivity contribution in [3.63, 3.8) is 0 Å². The lowest BCUT2D eigenvalue weighted by Crippen LogP contribution is -2.53. The van der Waals surface area contributed by atoms with Gasteiger partial charge in [-0.1, -0.05) is 0 Å². The van der Waals surface area contributed by atoms with E-state index < -0.39 is 34.0 Å². The van der Waals surface area contributed by atoms with E-state index in [1.165, 1.54) is 4.90 Å². The third-order valence-electron chi connectivity index (χ3n) is 2.87. The van der Waals surface area contributed by atoms with Gasteiger partial charge in [0.05, 0.1) is 25.0 Å². The number of carbonyl (C=O) groups excluding carboxylic acids is 1. The molecule has 118 valence electrons. The fourth-order valence-corrected chi connectivity index (χ4v) is 2.41. The van der Waals surface area contributed by atoms with Crippen LogP contribution in [0.15, 0.2) is 0 Å². The Balaban J connectivity index is 2.60. The molecule has 1 aliphatic rings. The van der Waals surface area contributed by atoms with E-state index in [-0.39, 0.29) is 31.9 Å². The summed E-state index contributed by atoms with van der Waals surface area (Å²) in [5, 5.41) is 20.0. The van der Waals surface area contributed by atoms with Gasteiger partial charge in [-0.05, 0) is 6.42 Å². The highest BCUT2D eigenvalue weighted by molar-refractivity contribution is 7.90. The molecule has 1 aliphatic heterocycles. The molecule has 1 fully saturated rings. The van der Waals surface area contributed by atoms with Crippen molar-refractivity contribution in [3.8, 4) is 6.07 Å². The topological polar surface area (TPSA) is 137 Å². The van der Waals surface area contributed by atoms with E-state index >= 15 is 0 Å². The first-order valence-electron chi connectivity index (χ1n) is 6.20. The summed E-state index contributed by atoms with van der Waals surface area (Å²) in [6.45, 7) is 0.468. The summed E-state index contributed by atoms with van der Waals surface area (Å²) in [7, 11) is -3.32. The summed E-state index contributed by atoms with van der Waals surface area (Å²) >= 11 is 0. The van der Waals surface area contributed by atoms with Gasteiger partial charge in [-0.25, -0.2) is 18.0 Å². The normalized spacial score (nSPS) is 20.4. The molecule has 0 aliphatic carbocycles. The lowest BCUT2D eigenvalue weighted by atomic mass is 10.2. The van der Waals surface area contributed by atoms with Crippen molar-refractivity contribution in [2.45, 2.75) is 18.6 Å². The number of nitrogens with one attached hydrogen (secondary N) is 1. The number of nitrogens with zero attached hydrogens (tertiary/aromatic N) is 2. The predicted octanol–water partition coefficient (Wildman–Crippen LogP) is -1.19. The molecule has 21 heavy (non-hydrogen) atoms. The monoisotopic (exact) mass is 319 g/mol. The highest BCUT2D eigenvalue weighted by Crippen LogP contribution is 2.06.